The van der Waals surface area contributed by atoms with E-state index in [-0.39, 0.29) is 30.0 Å². The average molecular weight is 378 g/mol. The molecule has 0 spiro atoms. The molecule has 0 unspecified atom stereocenters. The summed E-state index contributed by atoms with van der Waals surface area (Å²) in [5.41, 5.74) is 3.30. The van der Waals surface area contributed by atoms with E-state index in [1.54, 1.807) is 29.9 Å². The van der Waals surface area contributed by atoms with E-state index in [0.29, 0.717) is 12.4 Å². The van der Waals surface area contributed by atoms with Gasteiger partial charge in [0.25, 0.3) is 0 Å². The second-order valence-corrected chi connectivity index (χ2v) is 6.75. The SMILES string of the molecule is Cn1c(-c2ccc(F)cc2)cnc1NC(=O)CC[C@H]1C(=O)Nc2ccccc21. The van der Waals surface area contributed by atoms with Crippen LogP contribution in [0.2, 0.25) is 0 Å². The van der Waals surface area contributed by atoms with E-state index in [2.05, 4.69) is 15.6 Å². The predicted octanol–water partition coefficient (Wildman–Crippen LogP) is 3.68. The Morgan fingerprint density at radius 3 is 2.75 bits per heavy atom. The quantitative estimate of drug-likeness (QED) is 0.711. The van der Waals surface area contributed by atoms with Gasteiger partial charge in [-0.3, -0.25) is 14.9 Å². The normalized spacial score (nSPS) is 15.2. The summed E-state index contributed by atoms with van der Waals surface area (Å²) in [7, 11) is 1.78. The molecule has 1 aliphatic heterocycles. The number of nitrogens with one attached hydrogen (secondary N) is 2. The third kappa shape index (κ3) is 3.38. The van der Waals surface area contributed by atoms with E-state index in [4.69, 9.17) is 0 Å². The fraction of sp³-hybridized carbons (Fsp3) is 0.190. The minimum absolute atomic E-state index is 0.0791. The Morgan fingerprint density at radius 2 is 1.96 bits per heavy atom. The van der Waals surface area contributed by atoms with Crippen LogP contribution in [0.3, 0.4) is 0 Å². The Morgan fingerprint density at radius 1 is 1.21 bits per heavy atom. The number of halogens is 1. The number of fused-ring (bicyclic) bond motifs is 1. The zero-order valence-corrected chi connectivity index (χ0v) is 15.3. The number of carbonyl (C=O) groups excluding carboxylic acids is 2. The van der Waals surface area contributed by atoms with Crippen LogP contribution in [0, 0.1) is 5.82 Å². The van der Waals surface area contributed by atoms with Crippen LogP contribution >= 0.6 is 0 Å². The molecule has 6 nitrogen and oxygen atoms in total. The van der Waals surface area contributed by atoms with Gasteiger partial charge in [-0.25, -0.2) is 9.37 Å². The number of para-hydroxylation sites is 1. The van der Waals surface area contributed by atoms with E-state index in [1.807, 2.05) is 24.3 Å². The van der Waals surface area contributed by atoms with Gasteiger partial charge < -0.3 is 9.88 Å². The number of aromatic nitrogens is 2. The topological polar surface area (TPSA) is 76.0 Å². The average Bonchev–Trinajstić information content (AvgIpc) is 3.20. The van der Waals surface area contributed by atoms with Crippen LogP contribution in [0.5, 0.6) is 0 Å². The van der Waals surface area contributed by atoms with E-state index in [9.17, 15) is 14.0 Å². The highest BCUT2D eigenvalue weighted by Crippen LogP contribution is 2.35. The Labute approximate surface area is 161 Å². The van der Waals surface area contributed by atoms with Gasteiger partial charge in [-0.15, -0.1) is 0 Å². The summed E-state index contributed by atoms with van der Waals surface area (Å²) in [6.07, 6.45) is 2.25. The Bertz CT molecular complexity index is 1040. The molecule has 28 heavy (non-hydrogen) atoms. The van der Waals surface area contributed by atoms with Crippen LogP contribution in [-0.2, 0) is 16.6 Å². The number of imidazole rings is 1. The van der Waals surface area contributed by atoms with Gasteiger partial charge >= 0.3 is 0 Å². The maximum atomic E-state index is 13.1. The van der Waals surface area contributed by atoms with Gasteiger partial charge in [-0.1, -0.05) is 18.2 Å². The van der Waals surface area contributed by atoms with Crippen molar-refractivity contribution in [2.24, 2.45) is 7.05 Å². The van der Waals surface area contributed by atoms with Crippen molar-refractivity contribution in [1.82, 2.24) is 9.55 Å². The lowest BCUT2D eigenvalue weighted by atomic mass is 9.95. The van der Waals surface area contributed by atoms with Crippen molar-refractivity contribution in [1.29, 1.82) is 0 Å². The lowest BCUT2D eigenvalue weighted by molar-refractivity contribution is -0.118. The Balaban J connectivity index is 1.41. The molecule has 7 heteroatoms. The first kappa shape index (κ1) is 17.9. The Kier molecular flexibility index (Phi) is 4.65. The fourth-order valence-electron chi connectivity index (χ4n) is 3.44. The van der Waals surface area contributed by atoms with Crippen molar-refractivity contribution in [2.75, 3.05) is 10.6 Å². The minimum atomic E-state index is -0.321. The molecule has 2 N–H and O–H groups in total. The summed E-state index contributed by atoms with van der Waals surface area (Å²) in [6, 6.07) is 13.6. The zero-order valence-electron chi connectivity index (χ0n) is 15.3. The van der Waals surface area contributed by atoms with Crippen molar-refractivity contribution >= 4 is 23.5 Å². The molecule has 4 rings (SSSR count). The van der Waals surface area contributed by atoms with Crippen LogP contribution in [0.1, 0.15) is 24.3 Å². The highest BCUT2D eigenvalue weighted by Gasteiger charge is 2.30. The van der Waals surface area contributed by atoms with E-state index in [1.165, 1.54) is 12.1 Å². The van der Waals surface area contributed by atoms with Crippen LogP contribution in [-0.4, -0.2) is 21.4 Å². The van der Waals surface area contributed by atoms with Gasteiger partial charge in [0.2, 0.25) is 17.8 Å². The molecule has 142 valence electrons. The number of rotatable bonds is 5. The van der Waals surface area contributed by atoms with Crippen LogP contribution in [0.25, 0.3) is 11.3 Å². The molecule has 1 aliphatic rings. The molecule has 1 atom stereocenters. The monoisotopic (exact) mass is 378 g/mol. The number of hydrogen-bond acceptors (Lipinski definition) is 3. The molecule has 0 bridgehead atoms. The standard InChI is InChI=1S/C21H19FN4O2/c1-26-18(13-6-8-14(22)9-7-13)12-23-21(26)25-19(27)11-10-16-15-4-2-3-5-17(15)24-20(16)28/h2-9,12,16H,10-11H2,1H3,(H,24,28)(H,23,25,27)/t16-/m1/s1. The smallest absolute Gasteiger partial charge is 0.232 e. The second-order valence-electron chi connectivity index (χ2n) is 6.75. The van der Waals surface area contributed by atoms with Crippen LogP contribution in [0.15, 0.2) is 54.7 Å². The van der Waals surface area contributed by atoms with E-state index < -0.39 is 0 Å². The van der Waals surface area contributed by atoms with Crippen molar-refractivity contribution in [3.05, 3.63) is 66.1 Å². The first-order valence-electron chi connectivity index (χ1n) is 9.00. The molecule has 0 aliphatic carbocycles. The lowest BCUT2D eigenvalue weighted by Crippen LogP contribution is -2.18. The third-order valence-electron chi connectivity index (χ3n) is 4.95. The van der Waals surface area contributed by atoms with E-state index >= 15 is 0 Å². The molecule has 0 saturated heterocycles. The molecule has 1 aromatic heterocycles. The van der Waals surface area contributed by atoms with Crippen LogP contribution in [0.4, 0.5) is 16.0 Å². The number of amides is 2. The summed E-state index contributed by atoms with van der Waals surface area (Å²) < 4.78 is 14.8. The zero-order chi connectivity index (χ0) is 19.7. The molecule has 2 heterocycles. The number of benzene rings is 2. The molecular weight excluding hydrogens is 359 g/mol. The summed E-state index contributed by atoms with van der Waals surface area (Å²) in [5.74, 6) is -0.517. The highest BCUT2D eigenvalue weighted by molar-refractivity contribution is 6.03. The summed E-state index contributed by atoms with van der Waals surface area (Å²) in [4.78, 5) is 28.8. The maximum absolute atomic E-state index is 13.1. The molecule has 0 fully saturated rings. The highest BCUT2D eigenvalue weighted by atomic mass is 19.1. The van der Waals surface area contributed by atoms with Gasteiger partial charge in [-0.05, 0) is 42.3 Å². The van der Waals surface area contributed by atoms with Crippen molar-refractivity contribution in [2.45, 2.75) is 18.8 Å². The minimum Gasteiger partial charge on any atom is -0.325 e. The number of anilines is 2. The first-order valence-corrected chi connectivity index (χ1v) is 9.00. The molecule has 0 radical (unpaired) electrons. The first-order chi connectivity index (χ1) is 13.5. The summed E-state index contributed by atoms with van der Waals surface area (Å²) in [6.45, 7) is 0. The fourth-order valence-corrected chi connectivity index (χ4v) is 3.44. The molecule has 3 aromatic rings. The van der Waals surface area contributed by atoms with E-state index in [0.717, 1.165) is 22.5 Å². The summed E-state index contributed by atoms with van der Waals surface area (Å²) >= 11 is 0. The van der Waals surface area contributed by atoms with Gasteiger partial charge in [-0.2, -0.15) is 0 Å². The molecular formula is C21H19FN4O2. The van der Waals surface area contributed by atoms with Gasteiger partial charge in [0.05, 0.1) is 17.8 Å². The lowest BCUT2D eigenvalue weighted by Gasteiger charge is -2.10. The maximum Gasteiger partial charge on any atom is 0.232 e. The predicted molar refractivity (Wildman–Crippen MR) is 104 cm³/mol. The van der Waals surface area contributed by atoms with Gasteiger partial charge in [0.15, 0.2) is 0 Å². The molecule has 2 amide bonds. The number of carbonyl (C=O) groups is 2. The largest absolute Gasteiger partial charge is 0.325 e. The second kappa shape index (κ2) is 7.26. The van der Waals surface area contributed by atoms with Gasteiger partial charge in [0, 0.05) is 24.7 Å². The summed E-state index contributed by atoms with van der Waals surface area (Å²) in [5, 5.41) is 5.62. The molecule has 0 saturated carbocycles. The van der Waals surface area contributed by atoms with Crippen LogP contribution < -0.4 is 10.6 Å². The van der Waals surface area contributed by atoms with Crippen molar-refractivity contribution in [3.63, 3.8) is 0 Å². The number of nitrogens with zero attached hydrogens (tertiary/aromatic N) is 2. The van der Waals surface area contributed by atoms with Crippen molar-refractivity contribution < 1.29 is 14.0 Å². The van der Waals surface area contributed by atoms with Gasteiger partial charge in [0.1, 0.15) is 5.82 Å². The van der Waals surface area contributed by atoms with Crippen molar-refractivity contribution in [3.8, 4) is 11.3 Å². The third-order valence-corrected chi connectivity index (χ3v) is 4.95. The number of hydrogen-bond donors (Lipinski definition) is 2. The Hall–Kier alpha value is -3.48. The molecule has 2 aromatic carbocycles.